The highest BCUT2D eigenvalue weighted by Gasteiger charge is 2.30. The average Bonchev–Trinajstić information content (AvgIpc) is 0.909. The summed E-state index contributed by atoms with van der Waals surface area (Å²) in [7, 11) is -9.97. The highest BCUT2D eigenvalue weighted by molar-refractivity contribution is 7.47. The second kappa shape index (κ2) is 74.7. The van der Waals surface area contributed by atoms with Crippen molar-refractivity contribution in [2.45, 2.75) is 341 Å². The number of rotatable bonds is 74. The first-order chi connectivity index (χ1) is 49.7. The fourth-order valence-electron chi connectivity index (χ4n) is 10.4. The molecule has 0 aliphatic carbocycles. The molecule has 0 saturated carbocycles. The second-order valence-corrected chi connectivity index (χ2v) is 29.2. The Labute approximate surface area is 619 Å². The van der Waals surface area contributed by atoms with Gasteiger partial charge in [-0.3, -0.25) is 37.3 Å². The number of carbonyl (C=O) groups is 4. The van der Waals surface area contributed by atoms with Crippen LogP contribution in [0.5, 0.6) is 0 Å². The van der Waals surface area contributed by atoms with Gasteiger partial charge in [-0.25, -0.2) is 9.13 Å². The maximum atomic E-state index is 13.1. The summed E-state index contributed by atoms with van der Waals surface area (Å²) in [6, 6.07) is 0. The van der Waals surface area contributed by atoms with Crippen LogP contribution >= 0.6 is 15.6 Å². The van der Waals surface area contributed by atoms with Crippen LogP contribution in [0.25, 0.3) is 0 Å². The van der Waals surface area contributed by atoms with E-state index in [1.807, 2.05) is 0 Å². The number of allylic oxidation sites excluding steroid dienone is 20. The smallest absolute Gasteiger partial charge is 0.462 e. The molecule has 5 unspecified atom stereocenters. The van der Waals surface area contributed by atoms with Gasteiger partial charge in [0, 0.05) is 25.7 Å². The van der Waals surface area contributed by atoms with Crippen LogP contribution in [0.15, 0.2) is 122 Å². The van der Waals surface area contributed by atoms with Crippen molar-refractivity contribution in [1.82, 2.24) is 0 Å². The molecule has 586 valence electrons. The summed E-state index contributed by atoms with van der Waals surface area (Å²) in [6.45, 7) is 4.55. The van der Waals surface area contributed by atoms with Crippen LogP contribution in [0.2, 0.25) is 0 Å². The second-order valence-electron chi connectivity index (χ2n) is 26.2. The number of aliphatic hydroxyl groups excluding tert-OH is 1. The molecule has 0 saturated heterocycles. The first-order valence-corrected chi connectivity index (χ1v) is 42.8. The maximum Gasteiger partial charge on any atom is 0.472 e. The highest BCUT2D eigenvalue weighted by atomic mass is 31.2. The molecule has 17 nitrogen and oxygen atoms in total. The summed E-state index contributed by atoms with van der Waals surface area (Å²) >= 11 is 0. The van der Waals surface area contributed by atoms with Crippen LogP contribution in [0.4, 0.5) is 0 Å². The molecule has 0 rings (SSSR count). The lowest BCUT2D eigenvalue weighted by Crippen LogP contribution is -2.30. The molecule has 5 atom stereocenters. The largest absolute Gasteiger partial charge is 0.472 e. The number of phosphoric ester groups is 2. The van der Waals surface area contributed by atoms with Crippen LogP contribution in [-0.4, -0.2) is 96.7 Å². The van der Waals surface area contributed by atoms with Gasteiger partial charge in [-0.05, 0) is 128 Å². The number of hydrogen-bond acceptors (Lipinski definition) is 15. The van der Waals surface area contributed by atoms with Gasteiger partial charge < -0.3 is 33.8 Å². The van der Waals surface area contributed by atoms with Gasteiger partial charge in [-0.1, -0.05) is 290 Å². The van der Waals surface area contributed by atoms with Crippen LogP contribution in [0.3, 0.4) is 0 Å². The van der Waals surface area contributed by atoms with Crippen molar-refractivity contribution in [3.63, 3.8) is 0 Å². The molecule has 0 aliphatic heterocycles. The Morgan fingerprint density at radius 3 is 0.833 bits per heavy atom. The van der Waals surface area contributed by atoms with E-state index in [1.165, 1.54) is 51.4 Å². The normalized spacial score (nSPS) is 14.5. The van der Waals surface area contributed by atoms with Gasteiger partial charge in [0.1, 0.15) is 19.3 Å². The van der Waals surface area contributed by atoms with Gasteiger partial charge in [0.05, 0.1) is 26.4 Å². The molecule has 0 heterocycles. The molecule has 0 fully saturated rings. The lowest BCUT2D eigenvalue weighted by atomic mass is 10.0. The minimum Gasteiger partial charge on any atom is -0.462 e. The van der Waals surface area contributed by atoms with Gasteiger partial charge in [0.2, 0.25) is 0 Å². The van der Waals surface area contributed by atoms with Crippen LogP contribution in [-0.2, 0) is 65.4 Å². The van der Waals surface area contributed by atoms with Crippen molar-refractivity contribution >= 4 is 39.5 Å². The highest BCUT2D eigenvalue weighted by Crippen LogP contribution is 2.45. The van der Waals surface area contributed by atoms with E-state index < -0.39 is 97.5 Å². The monoisotopic (exact) mass is 1470 g/mol. The third-order valence-electron chi connectivity index (χ3n) is 16.4. The van der Waals surface area contributed by atoms with Crippen LogP contribution < -0.4 is 0 Å². The third-order valence-corrected chi connectivity index (χ3v) is 18.3. The third kappa shape index (κ3) is 73.8. The number of aliphatic hydroxyl groups is 1. The molecule has 0 radical (unpaired) electrons. The standard InChI is InChI=1S/C83H142O17P2/c1-5-9-13-17-21-25-29-33-35-37-38-40-42-46-48-52-56-60-64-68-81(86)94-74-79(100-83(88)70-66-62-58-54-50-44-32-28-24-20-16-12-8-4)76-98-102(91,92)96-72-77(84)71-95-101(89,90)97-75-78(99-82(87)69-65-61-57-53-49-43-31-27-23-19-15-11-7-3)73-93-80(85)67-63-59-55-51-47-45-41-39-36-34-30-26-22-18-14-10-6-2/h9-10,13-14,16,20-22,25-26,28,32-36,38,40,46,48,77-79,84H,5-8,11-12,15,17-19,23-24,27,29-31,37,39,41-45,47,49-76H2,1-4H3,(H,89,90)(H,91,92)/b13-9-,14-10-,20-16-,25-21-,26-22-,32-28-,35-33-,36-34-,40-38-,48-46-. The van der Waals surface area contributed by atoms with Gasteiger partial charge >= 0.3 is 39.5 Å². The molecule has 19 heteroatoms. The van der Waals surface area contributed by atoms with Crippen molar-refractivity contribution in [3.8, 4) is 0 Å². The number of ether oxygens (including phenoxy) is 4. The molecule has 0 aromatic carbocycles. The fraction of sp³-hybridized carbons (Fsp3) is 0.711. The summed E-state index contributed by atoms with van der Waals surface area (Å²) < 4.78 is 68.6. The molecule has 0 amide bonds. The quantitative estimate of drug-likeness (QED) is 0.0169. The summed E-state index contributed by atoms with van der Waals surface area (Å²) in [6.07, 6.45) is 81.8. The summed E-state index contributed by atoms with van der Waals surface area (Å²) in [4.78, 5) is 73.0. The van der Waals surface area contributed by atoms with E-state index in [-0.39, 0.29) is 25.7 Å². The number of esters is 4. The van der Waals surface area contributed by atoms with Crippen molar-refractivity contribution in [2.24, 2.45) is 0 Å². The zero-order chi connectivity index (χ0) is 74.6. The Bertz CT molecular complexity index is 2410. The van der Waals surface area contributed by atoms with Gasteiger partial charge in [0.25, 0.3) is 0 Å². The summed E-state index contributed by atoms with van der Waals surface area (Å²) in [5, 5.41) is 10.6. The van der Waals surface area contributed by atoms with Crippen molar-refractivity contribution < 1.29 is 80.2 Å². The van der Waals surface area contributed by atoms with Gasteiger partial charge in [-0.2, -0.15) is 0 Å². The molecule has 3 N–H and O–H groups in total. The first kappa shape index (κ1) is 97.5. The Hall–Kier alpha value is -4.54. The zero-order valence-corrected chi connectivity index (χ0v) is 65.8. The molecular formula is C83H142O17P2. The topological polar surface area (TPSA) is 237 Å². The molecule has 0 aliphatic rings. The summed E-state index contributed by atoms with van der Waals surface area (Å²) in [5.41, 5.74) is 0. The van der Waals surface area contributed by atoms with E-state index in [0.29, 0.717) is 25.7 Å². The predicted molar refractivity (Wildman–Crippen MR) is 418 cm³/mol. The van der Waals surface area contributed by atoms with Crippen molar-refractivity contribution in [3.05, 3.63) is 122 Å². The molecular weight excluding hydrogens is 1330 g/mol. The minimum absolute atomic E-state index is 0.0692. The van der Waals surface area contributed by atoms with Gasteiger partial charge in [0.15, 0.2) is 12.2 Å². The molecule has 0 spiro atoms. The SMILES string of the molecule is CC/C=C\C/C=C\C/C=C\C/C=C\C/C=C\CCCCCC(=O)OCC(COP(=O)(O)OCC(O)COP(=O)(O)OCC(COC(=O)CCCCCCCCC/C=C\C/C=C\C/C=C\CC)OC(=O)CCCCCCCCCCCCCCC)OC(=O)CCCCCCC/C=C\C/C=C\CCC. The van der Waals surface area contributed by atoms with Crippen LogP contribution in [0, 0.1) is 0 Å². The maximum absolute atomic E-state index is 13.1. The molecule has 0 bridgehead atoms. The Balaban J connectivity index is 5.36. The molecule has 102 heavy (non-hydrogen) atoms. The minimum atomic E-state index is -4.99. The van der Waals surface area contributed by atoms with E-state index in [2.05, 4.69) is 149 Å². The lowest BCUT2D eigenvalue weighted by Gasteiger charge is -2.21. The van der Waals surface area contributed by atoms with Crippen molar-refractivity contribution in [1.29, 1.82) is 0 Å². The number of hydrogen-bond donors (Lipinski definition) is 3. The van der Waals surface area contributed by atoms with E-state index in [1.54, 1.807) is 0 Å². The Kier molecular flexibility index (Phi) is 71.4. The van der Waals surface area contributed by atoms with E-state index in [0.717, 1.165) is 193 Å². The van der Waals surface area contributed by atoms with E-state index >= 15 is 0 Å². The van der Waals surface area contributed by atoms with E-state index in [4.69, 9.17) is 37.0 Å². The Morgan fingerprint density at radius 2 is 0.529 bits per heavy atom. The fourth-order valence-corrected chi connectivity index (χ4v) is 12.0. The lowest BCUT2D eigenvalue weighted by molar-refractivity contribution is -0.161. The van der Waals surface area contributed by atoms with Crippen LogP contribution in [0.1, 0.15) is 323 Å². The summed E-state index contributed by atoms with van der Waals surface area (Å²) in [5.74, 6) is -2.23. The first-order valence-electron chi connectivity index (χ1n) is 39.8. The number of carbonyl (C=O) groups excluding carboxylic acids is 4. The zero-order valence-electron chi connectivity index (χ0n) is 64.0. The number of phosphoric acid groups is 2. The Morgan fingerprint density at radius 1 is 0.284 bits per heavy atom. The van der Waals surface area contributed by atoms with E-state index in [9.17, 15) is 43.2 Å². The average molecular weight is 1470 g/mol. The molecule has 0 aromatic rings. The molecule has 0 aromatic heterocycles. The van der Waals surface area contributed by atoms with Gasteiger partial charge in [-0.15, -0.1) is 0 Å². The predicted octanol–water partition coefficient (Wildman–Crippen LogP) is 23.1. The number of unbranched alkanes of at least 4 members (excludes halogenated alkanes) is 28. The van der Waals surface area contributed by atoms with Crippen molar-refractivity contribution in [2.75, 3.05) is 39.6 Å².